The van der Waals surface area contributed by atoms with Crippen LogP contribution in [0.25, 0.3) is 0 Å². The average molecular weight is 321 g/mol. The largest absolute Gasteiger partial charge is 0.394 e. The second-order valence-corrected chi connectivity index (χ2v) is 5.22. The van der Waals surface area contributed by atoms with Gasteiger partial charge in [0.2, 0.25) is 0 Å². The number of aliphatic hydroxyl groups is 2. The number of aryl methyl sites for hydroxylation is 1. The maximum absolute atomic E-state index is 11.7. The van der Waals surface area contributed by atoms with Gasteiger partial charge in [-0.15, -0.1) is 0 Å². The van der Waals surface area contributed by atoms with E-state index in [1.54, 1.807) is 6.92 Å². The Labute approximate surface area is 110 Å². The van der Waals surface area contributed by atoms with Gasteiger partial charge in [-0.05, 0) is 6.92 Å². The van der Waals surface area contributed by atoms with Crippen LogP contribution in [-0.2, 0) is 4.74 Å². The van der Waals surface area contributed by atoms with E-state index in [9.17, 15) is 14.7 Å². The molecule has 1 aromatic rings. The Bertz CT molecular complexity index is 554. The highest BCUT2D eigenvalue weighted by molar-refractivity contribution is 9.09. The highest BCUT2D eigenvalue weighted by Crippen LogP contribution is 2.33. The molecule has 1 aromatic heterocycles. The molecular weight excluding hydrogens is 308 g/mol. The lowest BCUT2D eigenvalue weighted by Crippen LogP contribution is -2.36. The third-order valence-electron chi connectivity index (χ3n) is 2.89. The van der Waals surface area contributed by atoms with Crippen molar-refractivity contribution in [2.24, 2.45) is 0 Å². The van der Waals surface area contributed by atoms with Crippen LogP contribution in [0.2, 0.25) is 0 Å². The molecule has 2 unspecified atom stereocenters. The van der Waals surface area contributed by atoms with Gasteiger partial charge < -0.3 is 14.9 Å². The number of rotatable bonds is 2. The molecule has 0 amide bonds. The first-order chi connectivity index (χ1) is 8.45. The molecule has 2 heterocycles. The van der Waals surface area contributed by atoms with Gasteiger partial charge in [0, 0.05) is 11.8 Å². The van der Waals surface area contributed by atoms with Crippen molar-refractivity contribution in [1.29, 1.82) is 0 Å². The molecule has 4 atom stereocenters. The van der Waals surface area contributed by atoms with E-state index in [0.717, 1.165) is 0 Å². The summed E-state index contributed by atoms with van der Waals surface area (Å²) in [5.74, 6) is 0. The van der Waals surface area contributed by atoms with E-state index in [4.69, 9.17) is 9.84 Å². The SMILES string of the molecule is Cc1cn([C@H]2O[C@@H](CO)C(O)C2Br)c(=O)[nH]c1=O. The minimum atomic E-state index is -0.931. The summed E-state index contributed by atoms with van der Waals surface area (Å²) in [6.45, 7) is 1.21. The highest BCUT2D eigenvalue weighted by Gasteiger charge is 2.43. The van der Waals surface area contributed by atoms with Crippen molar-refractivity contribution in [2.45, 2.75) is 30.2 Å². The van der Waals surface area contributed by atoms with E-state index < -0.39 is 34.5 Å². The molecule has 18 heavy (non-hydrogen) atoms. The van der Waals surface area contributed by atoms with Gasteiger partial charge in [-0.25, -0.2) is 4.79 Å². The van der Waals surface area contributed by atoms with Crippen molar-refractivity contribution in [1.82, 2.24) is 9.55 Å². The Morgan fingerprint density at radius 2 is 2.22 bits per heavy atom. The number of hydrogen-bond donors (Lipinski definition) is 3. The number of nitrogens with one attached hydrogen (secondary N) is 1. The van der Waals surface area contributed by atoms with E-state index in [1.807, 2.05) is 0 Å². The van der Waals surface area contributed by atoms with Crippen LogP contribution in [0.3, 0.4) is 0 Å². The molecule has 3 N–H and O–H groups in total. The van der Waals surface area contributed by atoms with Gasteiger partial charge in [0.25, 0.3) is 5.56 Å². The molecule has 1 fully saturated rings. The monoisotopic (exact) mass is 320 g/mol. The van der Waals surface area contributed by atoms with Crippen molar-refractivity contribution in [2.75, 3.05) is 6.61 Å². The lowest BCUT2D eigenvalue weighted by molar-refractivity contribution is -0.0457. The number of hydrogen-bond acceptors (Lipinski definition) is 5. The fourth-order valence-electron chi connectivity index (χ4n) is 1.85. The number of nitrogens with zero attached hydrogens (tertiary/aromatic N) is 1. The van der Waals surface area contributed by atoms with Gasteiger partial charge in [-0.2, -0.15) is 0 Å². The molecule has 0 saturated carbocycles. The van der Waals surface area contributed by atoms with E-state index in [2.05, 4.69) is 20.9 Å². The molecule has 2 rings (SSSR count). The van der Waals surface area contributed by atoms with E-state index in [0.29, 0.717) is 5.56 Å². The molecule has 0 aliphatic carbocycles. The lowest BCUT2D eigenvalue weighted by atomic mass is 10.2. The summed E-state index contributed by atoms with van der Waals surface area (Å²) in [5, 5.41) is 18.8. The first-order valence-electron chi connectivity index (χ1n) is 5.36. The van der Waals surface area contributed by atoms with Crippen LogP contribution < -0.4 is 11.2 Å². The molecule has 0 bridgehead atoms. The predicted molar refractivity (Wildman–Crippen MR) is 65.8 cm³/mol. The summed E-state index contributed by atoms with van der Waals surface area (Å²) < 4.78 is 6.58. The Hall–Kier alpha value is -0.960. The quantitative estimate of drug-likeness (QED) is 0.597. The molecule has 1 aliphatic rings. The minimum Gasteiger partial charge on any atom is -0.394 e. The van der Waals surface area contributed by atoms with Crippen molar-refractivity contribution >= 4 is 15.9 Å². The maximum Gasteiger partial charge on any atom is 0.330 e. The summed E-state index contributed by atoms with van der Waals surface area (Å²) in [7, 11) is 0. The van der Waals surface area contributed by atoms with Crippen molar-refractivity contribution in [3.63, 3.8) is 0 Å². The predicted octanol–water partition coefficient (Wildman–Crippen LogP) is -1.14. The Kier molecular flexibility index (Phi) is 3.71. The van der Waals surface area contributed by atoms with Crippen LogP contribution in [0.4, 0.5) is 0 Å². The summed E-state index contributed by atoms with van der Waals surface area (Å²) in [4.78, 5) is 24.6. The third-order valence-corrected chi connectivity index (χ3v) is 3.89. The number of alkyl halides is 1. The van der Waals surface area contributed by atoms with E-state index >= 15 is 0 Å². The smallest absolute Gasteiger partial charge is 0.330 e. The molecule has 7 nitrogen and oxygen atoms in total. The first-order valence-corrected chi connectivity index (χ1v) is 6.27. The molecule has 0 spiro atoms. The summed E-state index contributed by atoms with van der Waals surface area (Å²) in [5.41, 5.74) is -0.717. The number of aromatic amines is 1. The fourth-order valence-corrected chi connectivity index (χ4v) is 2.57. The van der Waals surface area contributed by atoms with Crippen molar-refractivity contribution < 1.29 is 14.9 Å². The van der Waals surface area contributed by atoms with E-state index in [1.165, 1.54) is 10.8 Å². The van der Waals surface area contributed by atoms with Gasteiger partial charge in [0.05, 0.1) is 17.5 Å². The van der Waals surface area contributed by atoms with Crippen LogP contribution >= 0.6 is 15.9 Å². The number of ether oxygens (including phenoxy) is 1. The standard InChI is InChI=1S/C10H13BrN2O5/c1-4-2-13(10(17)12-8(4)16)9-6(11)7(15)5(3-14)18-9/h2,5-7,9,14-15H,3H2,1H3,(H,12,16,17)/t5-,6?,7?,9-/m0/s1. The number of aliphatic hydroxyl groups excluding tert-OH is 2. The second kappa shape index (κ2) is 4.96. The second-order valence-electron chi connectivity index (χ2n) is 4.16. The summed E-state index contributed by atoms with van der Waals surface area (Å²) >= 11 is 3.23. The third kappa shape index (κ3) is 2.16. The van der Waals surface area contributed by atoms with Gasteiger partial charge >= 0.3 is 5.69 Å². The molecule has 8 heteroatoms. The summed E-state index contributed by atoms with van der Waals surface area (Å²) in [6, 6.07) is 0. The fraction of sp³-hybridized carbons (Fsp3) is 0.600. The molecular formula is C10H13BrN2O5. The number of aromatic nitrogens is 2. The lowest BCUT2D eigenvalue weighted by Gasteiger charge is -2.17. The molecule has 100 valence electrons. The van der Waals surface area contributed by atoms with Crippen LogP contribution in [-0.4, -0.2) is 43.4 Å². The van der Waals surface area contributed by atoms with Gasteiger partial charge in [-0.1, -0.05) is 15.9 Å². The first kappa shape index (κ1) is 13.5. The van der Waals surface area contributed by atoms with Gasteiger partial charge in [-0.3, -0.25) is 14.3 Å². The van der Waals surface area contributed by atoms with Crippen molar-refractivity contribution in [3.8, 4) is 0 Å². The van der Waals surface area contributed by atoms with Crippen LogP contribution in [0.5, 0.6) is 0 Å². The maximum atomic E-state index is 11.7. The van der Waals surface area contributed by atoms with Crippen molar-refractivity contribution in [3.05, 3.63) is 32.6 Å². The topological polar surface area (TPSA) is 105 Å². The van der Waals surface area contributed by atoms with Gasteiger partial charge in [0.1, 0.15) is 6.10 Å². The van der Waals surface area contributed by atoms with Gasteiger partial charge in [0.15, 0.2) is 6.23 Å². The Morgan fingerprint density at radius 1 is 1.56 bits per heavy atom. The van der Waals surface area contributed by atoms with Crippen LogP contribution in [0.1, 0.15) is 11.8 Å². The minimum absolute atomic E-state index is 0.350. The molecule has 1 aliphatic heterocycles. The molecule has 1 saturated heterocycles. The summed E-state index contributed by atoms with van der Waals surface area (Å²) in [6.07, 6.45) is -1.11. The number of H-pyrrole nitrogens is 1. The number of halogens is 1. The average Bonchev–Trinajstić information content (AvgIpc) is 2.61. The Morgan fingerprint density at radius 3 is 2.78 bits per heavy atom. The molecule has 0 radical (unpaired) electrons. The van der Waals surface area contributed by atoms with E-state index in [-0.39, 0.29) is 6.61 Å². The highest BCUT2D eigenvalue weighted by atomic mass is 79.9. The Balaban J connectivity index is 2.42. The zero-order valence-corrected chi connectivity index (χ0v) is 11.1. The van der Waals surface area contributed by atoms with Crippen LogP contribution in [0.15, 0.2) is 15.8 Å². The normalized spacial score (nSPS) is 31.8. The molecule has 0 aromatic carbocycles. The zero-order valence-electron chi connectivity index (χ0n) is 9.54. The zero-order chi connectivity index (χ0) is 13.4. The van der Waals surface area contributed by atoms with Crippen LogP contribution in [0, 0.1) is 6.92 Å².